The molecule has 0 saturated carbocycles. The van der Waals surface area contributed by atoms with E-state index in [0.29, 0.717) is 17.1 Å². The average molecular weight is 285 g/mol. The van der Waals surface area contributed by atoms with Gasteiger partial charge in [0, 0.05) is 6.20 Å². The zero-order valence-corrected chi connectivity index (χ0v) is 12.4. The first kappa shape index (κ1) is 15.0. The number of anilines is 2. The van der Waals surface area contributed by atoms with Crippen LogP contribution in [0, 0.1) is 0 Å². The molecule has 0 spiro atoms. The highest BCUT2D eigenvalue weighted by molar-refractivity contribution is 6.07. The summed E-state index contributed by atoms with van der Waals surface area (Å²) in [5.74, 6) is 0.158. The molecular weight excluding hydrogens is 266 g/mol. The molecule has 0 aliphatic carbocycles. The number of rotatable bonds is 3. The highest BCUT2D eigenvalue weighted by atomic mass is 16.5. The number of hydroxylamine groups is 1. The predicted molar refractivity (Wildman–Crippen MR) is 82.7 cm³/mol. The maximum atomic E-state index is 12.4. The van der Waals surface area contributed by atoms with Gasteiger partial charge >= 0.3 is 0 Å². The smallest absolute Gasteiger partial charge is 0.259 e. The predicted octanol–water partition coefficient (Wildman–Crippen LogP) is 3.33. The van der Waals surface area contributed by atoms with Gasteiger partial charge in [0.2, 0.25) is 0 Å². The first-order valence-electron chi connectivity index (χ1n) is 6.70. The molecule has 1 heterocycles. The van der Waals surface area contributed by atoms with E-state index in [-0.39, 0.29) is 5.91 Å². The van der Waals surface area contributed by atoms with E-state index in [9.17, 15) is 10.0 Å². The van der Waals surface area contributed by atoms with Crippen LogP contribution in [0.15, 0.2) is 48.7 Å². The number of nitrogens with one attached hydrogen (secondary N) is 1. The number of amides is 1. The zero-order chi connectivity index (χ0) is 15.5. The zero-order valence-electron chi connectivity index (χ0n) is 12.4. The van der Waals surface area contributed by atoms with Crippen molar-refractivity contribution < 1.29 is 10.0 Å². The van der Waals surface area contributed by atoms with E-state index in [1.54, 1.807) is 48.7 Å². The van der Waals surface area contributed by atoms with Crippen LogP contribution in [0.2, 0.25) is 0 Å². The number of hydrogen-bond acceptors (Lipinski definition) is 4. The Kier molecular flexibility index (Phi) is 4.23. The van der Waals surface area contributed by atoms with Crippen molar-refractivity contribution in [1.29, 1.82) is 0 Å². The van der Waals surface area contributed by atoms with Gasteiger partial charge in [0.1, 0.15) is 5.82 Å². The lowest BCUT2D eigenvalue weighted by Gasteiger charge is -2.32. The lowest BCUT2D eigenvalue weighted by molar-refractivity contribution is 0.102. The van der Waals surface area contributed by atoms with E-state index >= 15 is 0 Å². The lowest BCUT2D eigenvalue weighted by atomic mass is 10.1. The van der Waals surface area contributed by atoms with Gasteiger partial charge in [0.05, 0.1) is 16.8 Å². The van der Waals surface area contributed by atoms with Crippen molar-refractivity contribution in [1.82, 2.24) is 4.98 Å². The maximum Gasteiger partial charge on any atom is 0.259 e. The Labute approximate surface area is 124 Å². The van der Waals surface area contributed by atoms with Crippen LogP contribution in [0.4, 0.5) is 11.5 Å². The molecule has 0 bridgehead atoms. The van der Waals surface area contributed by atoms with Gasteiger partial charge < -0.3 is 5.32 Å². The van der Waals surface area contributed by atoms with Gasteiger partial charge in [-0.25, -0.2) is 4.98 Å². The molecule has 0 atom stereocenters. The van der Waals surface area contributed by atoms with Crippen LogP contribution in [0.5, 0.6) is 0 Å². The fraction of sp³-hybridized carbons (Fsp3) is 0.250. The summed E-state index contributed by atoms with van der Waals surface area (Å²) in [5, 5.41) is 14.1. The molecule has 110 valence electrons. The van der Waals surface area contributed by atoms with E-state index in [1.165, 1.54) is 0 Å². The summed E-state index contributed by atoms with van der Waals surface area (Å²) in [4.78, 5) is 16.4. The summed E-state index contributed by atoms with van der Waals surface area (Å²) in [5.41, 5.74) is 0.334. The monoisotopic (exact) mass is 285 g/mol. The Morgan fingerprint density at radius 1 is 1.14 bits per heavy atom. The van der Waals surface area contributed by atoms with Crippen molar-refractivity contribution in [3.05, 3.63) is 54.2 Å². The second kappa shape index (κ2) is 5.93. The number of para-hydroxylation sites is 1. The minimum Gasteiger partial charge on any atom is -0.306 e. The van der Waals surface area contributed by atoms with Gasteiger partial charge in [0.25, 0.3) is 5.91 Å². The van der Waals surface area contributed by atoms with Crippen molar-refractivity contribution >= 4 is 17.4 Å². The summed E-state index contributed by atoms with van der Waals surface area (Å²) < 4.78 is 0. The third kappa shape index (κ3) is 3.58. The van der Waals surface area contributed by atoms with Gasteiger partial charge in [0.15, 0.2) is 0 Å². The van der Waals surface area contributed by atoms with Crippen LogP contribution in [0.1, 0.15) is 31.1 Å². The molecule has 5 nitrogen and oxygen atoms in total. The van der Waals surface area contributed by atoms with Crippen LogP contribution < -0.4 is 10.4 Å². The summed E-state index contributed by atoms with van der Waals surface area (Å²) in [6, 6.07) is 12.2. The number of benzene rings is 1. The van der Waals surface area contributed by atoms with Gasteiger partial charge in [-0.05, 0) is 45.0 Å². The Balaban J connectivity index is 2.30. The van der Waals surface area contributed by atoms with Crippen LogP contribution in [0.25, 0.3) is 0 Å². The second-order valence-electron chi connectivity index (χ2n) is 5.67. The largest absolute Gasteiger partial charge is 0.306 e. The van der Waals surface area contributed by atoms with Crippen LogP contribution in [-0.4, -0.2) is 21.6 Å². The van der Waals surface area contributed by atoms with Gasteiger partial charge in [-0.2, -0.15) is 0 Å². The van der Waals surface area contributed by atoms with E-state index in [2.05, 4.69) is 10.3 Å². The number of carbonyl (C=O) groups is 1. The molecule has 5 heteroatoms. The summed E-state index contributed by atoms with van der Waals surface area (Å²) in [6.07, 6.45) is 1.61. The average Bonchev–Trinajstić information content (AvgIpc) is 2.46. The first-order chi connectivity index (χ1) is 9.89. The molecule has 1 amide bonds. The summed E-state index contributed by atoms with van der Waals surface area (Å²) in [7, 11) is 0. The van der Waals surface area contributed by atoms with E-state index in [1.807, 2.05) is 20.8 Å². The summed E-state index contributed by atoms with van der Waals surface area (Å²) in [6.45, 7) is 5.58. The Bertz CT molecular complexity index is 621. The van der Waals surface area contributed by atoms with Crippen LogP contribution >= 0.6 is 0 Å². The Morgan fingerprint density at radius 2 is 1.81 bits per heavy atom. The Morgan fingerprint density at radius 3 is 2.43 bits per heavy atom. The highest BCUT2D eigenvalue weighted by Crippen LogP contribution is 2.26. The van der Waals surface area contributed by atoms with Gasteiger partial charge in [-0.15, -0.1) is 0 Å². The molecule has 1 aromatic carbocycles. The molecule has 2 N–H and O–H groups in total. The van der Waals surface area contributed by atoms with Gasteiger partial charge in [-0.1, -0.05) is 18.2 Å². The molecule has 1 aromatic heterocycles. The van der Waals surface area contributed by atoms with Gasteiger partial charge in [-0.3, -0.25) is 15.1 Å². The standard InChI is InChI=1S/C16H19N3O2/c1-16(2,3)19(21)13-9-5-4-8-12(13)15(20)18-14-10-6-7-11-17-14/h4-11,21H,1-3H3,(H,17,18,20). The van der Waals surface area contributed by atoms with Crippen LogP contribution in [-0.2, 0) is 0 Å². The number of pyridine rings is 1. The minimum atomic E-state index is -0.513. The molecule has 0 radical (unpaired) electrons. The number of hydrogen-bond donors (Lipinski definition) is 2. The van der Waals surface area contributed by atoms with Crippen molar-refractivity contribution in [2.75, 3.05) is 10.4 Å². The van der Waals surface area contributed by atoms with E-state index in [4.69, 9.17) is 0 Å². The van der Waals surface area contributed by atoms with Crippen molar-refractivity contribution in [2.24, 2.45) is 0 Å². The number of aromatic nitrogens is 1. The van der Waals surface area contributed by atoms with Crippen molar-refractivity contribution in [3.8, 4) is 0 Å². The SMILES string of the molecule is CC(C)(C)N(O)c1ccccc1C(=O)Nc1ccccn1. The normalized spacial score (nSPS) is 11.0. The molecule has 0 fully saturated rings. The molecule has 21 heavy (non-hydrogen) atoms. The first-order valence-corrected chi connectivity index (χ1v) is 6.70. The molecule has 0 aliphatic rings. The molecule has 2 rings (SSSR count). The fourth-order valence-corrected chi connectivity index (χ4v) is 1.83. The highest BCUT2D eigenvalue weighted by Gasteiger charge is 2.24. The number of carbonyl (C=O) groups excluding carboxylic acids is 1. The molecular formula is C16H19N3O2. The molecule has 2 aromatic rings. The van der Waals surface area contributed by atoms with Crippen molar-refractivity contribution in [2.45, 2.75) is 26.3 Å². The maximum absolute atomic E-state index is 12.4. The third-order valence-electron chi connectivity index (χ3n) is 2.92. The third-order valence-corrected chi connectivity index (χ3v) is 2.92. The molecule has 0 saturated heterocycles. The Hall–Kier alpha value is -2.40. The van der Waals surface area contributed by atoms with Crippen LogP contribution in [0.3, 0.4) is 0 Å². The molecule has 0 aliphatic heterocycles. The number of nitrogens with zero attached hydrogens (tertiary/aromatic N) is 2. The quantitative estimate of drug-likeness (QED) is 0.849. The second-order valence-corrected chi connectivity index (χ2v) is 5.67. The summed E-state index contributed by atoms with van der Waals surface area (Å²) >= 11 is 0. The van der Waals surface area contributed by atoms with Crippen molar-refractivity contribution in [3.63, 3.8) is 0 Å². The lowest BCUT2D eigenvalue weighted by Crippen LogP contribution is -2.39. The topological polar surface area (TPSA) is 65.5 Å². The fourth-order valence-electron chi connectivity index (χ4n) is 1.83. The van der Waals surface area contributed by atoms with E-state index < -0.39 is 5.54 Å². The minimum absolute atomic E-state index is 0.312. The van der Waals surface area contributed by atoms with E-state index in [0.717, 1.165) is 5.06 Å². The molecule has 0 unspecified atom stereocenters.